The molecule has 188 valence electrons. The minimum absolute atomic E-state index is 0.101. The second-order valence-corrected chi connectivity index (χ2v) is 8.57. The normalized spacial score (nSPS) is 10.5. The van der Waals surface area contributed by atoms with E-state index in [1.807, 2.05) is 0 Å². The van der Waals surface area contributed by atoms with Gasteiger partial charge in [-0.05, 0) is 54.6 Å². The van der Waals surface area contributed by atoms with Gasteiger partial charge in [0.25, 0.3) is 11.6 Å². The second kappa shape index (κ2) is 11.6. The summed E-state index contributed by atoms with van der Waals surface area (Å²) < 4.78 is 16.9. The molecule has 0 fully saturated rings. The molecule has 0 aliphatic carbocycles. The van der Waals surface area contributed by atoms with Crippen LogP contribution >= 0.6 is 23.2 Å². The number of anilines is 1. The van der Waals surface area contributed by atoms with Crippen LogP contribution in [0.15, 0.2) is 84.9 Å². The highest BCUT2D eigenvalue weighted by atomic mass is 35.5. The molecule has 0 saturated heterocycles. The molecule has 10 heteroatoms. The quantitative estimate of drug-likeness (QED) is 0.174. The zero-order valence-corrected chi connectivity index (χ0v) is 21.0. The van der Waals surface area contributed by atoms with Crippen molar-refractivity contribution in [3.05, 3.63) is 116 Å². The SMILES string of the molecule is COc1ccc(C(=O)Nc2cc(Oc3ccc(Cl)cc3)cc([N+](=O)[O-])c2)cc1COc1ccccc1Cl. The van der Waals surface area contributed by atoms with E-state index in [9.17, 15) is 14.9 Å². The molecular weight excluding hydrogens is 519 g/mol. The van der Waals surface area contributed by atoms with Crippen LogP contribution in [0.25, 0.3) is 0 Å². The Labute approximate surface area is 222 Å². The van der Waals surface area contributed by atoms with E-state index in [0.717, 1.165) is 0 Å². The first-order chi connectivity index (χ1) is 17.8. The molecule has 0 unspecified atom stereocenters. The average Bonchev–Trinajstić information content (AvgIpc) is 2.89. The molecule has 0 saturated carbocycles. The molecule has 1 N–H and O–H groups in total. The van der Waals surface area contributed by atoms with Crippen LogP contribution < -0.4 is 19.5 Å². The van der Waals surface area contributed by atoms with Crippen molar-refractivity contribution in [2.75, 3.05) is 12.4 Å². The maximum Gasteiger partial charge on any atom is 0.275 e. The van der Waals surface area contributed by atoms with Crippen molar-refractivity contribution < 1.29 is 23.9 Å². The number of carbonyl (C=O) groups excluding carboxylic acids is 1. The number of benzene rings is 4. The Bertz CT molecular complexity index is 1440. The summed E-state index contributed by atoms with van der Waals surface area (Å²) in [5.74, 6) is 1.14. The number of nitrogens with zero attached hydrogens (tertiary/aromatic N) is 1. The van der Waals surface area contributed by atoms with Gasteiger partial charge in [-0.25, -0.2) is 0 Å². The number of amides is 1. The summed E-state index contributed by atoms with van der Waals surface area (Å²) >= 11 is 12.1. The number of para-hydroxylation sites is 1. The Morgan fingerprint density at radius 1 is 0.919 bits per heavy atom. The molecule has 4 rings (SSSR count). The number of rotatable bonds is 9. The molecule has 0 heterocycles. The molecule has 8 nitrogen and oxygen atoms in total. The van der Waals surface area contributed by atoms with E-state index in [4.69, 9.17) is 37.4 Å². The van der Waals surface area contributed by atoms with Crippen molar-refractivity contribution in [1.82, 2.24) is 0 Å². The van der Waals surface area contributed by atoms with Crippen LogP contribution in [-0.2, 0) is 6.61 Å². The Hall–Kier alpha value is -4.27. The smallest absolute Gasteiger partial charge is 0.275 e. The standard InChI is InChI=1S/C27H20Cl2N2O6/c1-35-25-11-6-17(12-18(25)16-36-26-5-3-2-4-24(26)29)27(32)30-20-13-21(31(33)34)15-23(14-20)37-22-9-7-19(28)8-10-22/h2-15H,16H2,1H3,(H,30,32). The third-order valence-corrected chi connectivity index (χ3v) is 5.74. The van der Waals surface area contributed by atoms with Crippen molar-refractivity contribution in [1.29, 1.82) is 0 Å². The summed E-state index contributed by atoms with van der Waals surface area (Å²) in [4.78, 5) is 23.9. The Morgan fingerprint density at radius 3 is 2.38 bits per heavy atom. The maximum absolute atomic E-state index is 13.0. The Morgan fingerprint density at radius 2 is 1.68 bits per heavy atom. The van der Waals surface area contributed by atoms with Crippen LogP contribution in [0.4, 0.5) is 11.4 Å². The van der Waals surface area contributed by atoms with E-state index in [1.54, 1.807) is 66.7 Å². The number of nitro benzene ring substituents is 1. The topological polar surface area (TPSA) is 99.9 Å². The summed E-state index contributed by atoms with van der Waals surface area (Å²) in [6, 6.07) is 22.4. The summed E-state index contributed by atoms with van der Waals surface area (Å²) in [7, 11) is 1.51. The van der Waals surface area contributed by atoms with Crippen molar-refractivity contribution >= 4 is 40.5 Å². The van der Waals surface area contributed by atoms with E-state index >= 15 is 0 Å². The Kier molecular flexibility index (Phi) is 8.12. The molecule has 4 aromatic carbocycles. The van der Waals surface area contributed by atoms with Crippen LogP contribution in [0.5, 0.6) is 23.0 Å². The van der Waals surface area contributed by atoms with Crippen molar-refractivity contribution in [2.24, 2.45) is 0 Å². The fourth-order valence-electron chi connectivity index (χ4n) is 3.41. The molecule has 0 atom stereocenters. The molecule has 0 spiro atoms. The molecule has 0 aromatic heterocycles. The van der Waals surface area contributed by atoms with Crippen LogP contribution in [0.2, 0.25) is 10.0 Å². The molecule has 0 aliphatic heterocycles. The van der Waals surface area contributed by atoms with Gasteiger partial charge in [-0.15, -0.1) is 0 Å². The third-order valence-electron chi connectivity index (χ3n) is 5.17. The molecule has 0 radical (unpaired) electrons. The molecular formula is C27H20Cl2N2O6. The van der Waals surface area contributed by atoms with Gasteiger partial charge in [-0.1, -0.05) is 35.3 Å². The van der Waals surface area contributed by atoms with Gasteiger partial charge in [-0.3, -0.25) is 14.9 Å². The summed E-state index contributed by atoms with van der Waals surface area (Å²) in [6.45, 7) is 0.101. The number of halogens is 2. The van der Waals surface area contributed by atoms with Gasteiger partial charge in [0.1, 0.15) is 29.6 Å². The maximum atomic E-state index is 13.0. The fourth-order valence-corrected chi connectivity index (χ4v) is 3.73. The zero-order chi connectivity index (χ0) is 26.4. The van der Waals surface area contributed by atoms with Crippen molar-refractivity contribution in [3.63, 3.8) is 0 Å². The van der Waals surface area contributed by atoms with Crippen molar-refractivity contribution in [2.45, 2.75) is 6.61 Å². The van der Waals surface area contributed by atoms with E-state index < -0.39 is 10.8 Å². The van der Waals surface area contributed by atoms with E-state index in [2.05, 4.69) is 5.32 Å². The highest BCUT2D eigenvalue weighted by Gasteiger charge is 2.16. The summed E-state index contributed by atoms with van der Waals surface area (Å²) in [5.41, 5.74) is 0.851. The van der Waals surface area contributed by atoms with Gasteiger partial charge in [0.15, 0.2) is 0 Å². The first-order valence-electron chi connectivity index (χ1n) is 10.9. The lowest BCUT2D eigenvalue weighted by atomic mass is 10.1. The van der Waals surface area contributed by atoms with Gasteiger partial charge in [0.2, 0.25) is 0 Å². The Balaban J connectivity index is 1.55. The minimum Gasteiger partial charge on any atom is -0.496 e. The zero-order valence-electron chi connectivity index (χ0n) is 19.4. The minimum atomic E-state index is -0.568. The van der Waals surface area contributed by atoms with Gasteiger partial charge >= 0.3 is 0 Å². The number of carbonyl (C=O) groups is 1. The predicted octanol–water partition coefficient (Wildman–Crippen LogP) is 7.53. The van der Waals surface area contributed by atoms with E-state index in [0.29, 0.717) is 38.4 Å². The predicted molar refractivity (Wildman–Crippen MR) is 141 cm³/mol. The number of nitro groups is 1. The van der Waals surface area contributed by atoms with Gasteiger partial charge < -0.3 is 19.5 Å². The van der Waals surface area contributed by atoms with Crippen LogP contribution in [0, 0.1) is 10.1 Å². The molecule has 37 heavy (non-hydrogen) atoms. The molecule has 1 amide bonds. The lowest BCUT2D eigenvalue weighted by Gasteiger charge is -2.13. The van der Waals surface area contributed by atoms with Crippen molar-refractivity contribution in [3.8, 4) is 23.0 Å². The number of ether oxygens (including phenoxy) is 3. The van der Waals surface area contributed by atoms with E-state index in [-0.39, 0.29) is 23.7 Å². The summed E-state index contributed by atoms with van der Waals surface area (Å²) in [5, 5.41) is 15.1. The number of hydrogen-bond donors (Lipinski definition) is 1. The molecule has 0 aliphatic rings. The lowest BCUT2D eigenvalue weighted by Crippen LogP contribution is -2.13. The van der Waals surface area contributed by atoms with Gasteiger partial charge in [0.05, 0.1) is 28.8 Å². The average molecular weight is 539 g/mol. The largest absolute Gasteiger partial charge is 0.496 e. The van der Waals surface area contributed by atoms with E-state index in [1.165, 1.54) is 25.3 Å². The summed E-state index contributed by atoms with van der Waals surface area (Å²) in [6.07, 6.45) is 0. The number of non-ortho nitro benzene ring substituents is 1. The monoisotopic (exact) mass is 538 g/mol. The first-order valence-corrected chi connectivity index (χ1v) is 11.7. The first kappa shape index (κ1) is 25.8. The van der Waals surface area contributed by atoms with Gasteiger partial charge in [0, 0.05) is 28.3 Å². The second-order valence-electron chi connectivity index (χ2n) is 7.73. The number of methoxy groups -OCH3 is 1. The van der Waals surface area contributed by atoms with Gasteiger partial charge in [-0.2, -0.15) is 0 Å². The number of hydrogen-bond acceptors (Lipinski definition) is 6. The number of nitrogens with one attached hydrogen (secondary N) is 1. The fraction of sp³-hybridized carbons (Fsp3) is 0.0741. The highest BCUT2D eigenvalue weighted by molar-refractivity contribution is 6.32. The van der Waals surface area contributed by atoms with Crippen LogP contribution in [0.1, 0.15) is 15.9 Å². The molecule has 4 aromatic rings. The highest BCUT2D eigenvalue weighted by Crippen LogP contribution is 2.31. The third kappa shape index (κ3) is 6.69. The molecule has 0 bridgehead atoms. The van der Waals surface area contributed by atoms with Crippen LogP contribution in [-0.4, -0.2) is 17.9 Å². The van der Waals surface area contributed by atoms with Crippen LogP contribution in [0.3, 0.4) is 0 Å². The lowest BCUT2D eigenvalue weighted by molar-refractivity contribution is -0.384.